The molecule has 2 heterocycles. The second kappa shape index (κ2) is 6.53. The smallest absolute Gasteiger partial charge is 0.240 e. The lowest BCUT2D eigenvalue weighted by atomic mass is 9.92. The summed E-state index contributed by atoms with van der Waals surface area (Å²) < 4.78 is 0. The van der Waals surface area contributed by atoms with Gasteiger partial charge in [-0.1, -0.05) is 26.3 Å². The van der Waals surface area contributed by atoms with E-state index in [0.717, 1.165) is 38.6 Å². The van der Waals surface area contributed by atoms with Gasteiger partial charge in [-0.25, -0.2) is 0 Å². The van der Waals surface area contributed by atoms with E-state index in [0.29, 0.717) is 0 Å². The number of carbonyl (C=O) groups excluding carboxylic acids is 1. The molecule has 0 radical (unpaired) electrons. The molecule has 0 aromatic carbocycles. The summed E-state index contributed by atoms with van der Waals surface area (Å²) in [6.07, 6.45) is 5.00. The summed E-state index contributed by atoms with van der Waals surface area (Å²) in [4.78, 5) is 13.9. The normalized spacial score (nSPS) is 24.3. The average molecular weight is 280 g/mol. The molecule has 0 aliphatic carbocycles. The molecule has 19 heavy (non-hydrogen) atoms. The molecule has 0 spiro atoms. The van der Waals surface area contributed by atoms with Gasteiger partial charge in [0, 0.05) is 4.88 Å². The van der Waals surface area contributed by atoms with Crippen molar-refractivity contribution in [2.75, 3.05) is 6.54 Å². The molecule has 106 valence electrons. The van der Waals surface area contributed by atoms with Gasteiger partial charge in [-0.3, -0.25) is 4.79 Å². The fourth-order valence-corrected chi connectivity index (χ4v) is 3.63. The highest BCUT2D eigenvalue weighted by Crippen LogP contribution is 2.27. The fraction of sp³-hybridized carbons (Fsp3) is 0.667. The fourth-order valence-electron chi connectivity index (χ4n) is 2.82. The maximum Gasteiger partial charge on any atom is 0.240 e. The minimum atomic E-state index is -0.330. The van der Waals surface area contributed by atoms with Gasteiger partial charge in [-0.15, -0.1) is 11.3 Å². The molecule has 2 atom stereocenters. The van der Waals surface area contributed by atoms with Gasteiger partial charge < -0.3 is 10.6 Å². The SMILES string of the molecule is CCCC(NC(=O)C1(CC)CCCN1)c1cccs1. The van der Waals surface area contributed by atoms with Crippen LogP contribution >= 0.6 is 11.3 Å². The third-order valence-corrected chi connectivity index (χ3v) is 5.04. The predicted molar refractivity (Wildman–Crippen MR) is 80.4 cm³/mol. The number of nitrogens with one attached hydrogen (secondary N) is 2. The molecule has 1 saturated heterocycles. The highest BCUT2D eigenvalue weighted by Gasteiger charge is 2.39. The maximum absolute atomic E-state index is 12.6. The van der Waals surface area contributed by atoms with Crippen molar-refractivity contribution in [3.8, 4) is 0 Å². The number of carbonyl (C=O) groups is 1. The molecule has 2 unspecified atom stereocenters. The van der Waals surface area contributed by atoms with Crippen molar-refractivity contribution in [1.82, 2.24) is 10.6 Å². The Hall–Kier alpha value is -0.870. The first-order chi connectivity index (χ1) is 9.22. The van der Waals surface area contributed by atoms with Gasteiger partial charge in [0.25, 0.3) is 0 Å². The minimum absolute atomic E-state index is 0.170. The number of rotatable bonds is 6. The number of hydrogen-bond donors (Lipinski definition) is 2. The molecule has 1 aromatic rings. The van der Waals surface area contributed by atoms with Gasteiger partial charge in [0.2, 0.25) is 5.91 Å². The van der Waals surface area contributed by atoms with E-state index in [9.17, 15) is 4.79 Å². The van der Waals surface area contributed by atoms with Gasteiger partial charge in [0.1, 0.15) is 0 Å². The molecule has 3 nitrogen and oxygen atoms in total. The zero-order valence-electron chi connectivity index (χ0n) is 11.9. The Labute approximate surface area is 119 Å². The van der Waals surface area contributed by atoms with Gasteiger partial charge in [0.05, 0.1) is 11.6 Å². The largest absolute Gasteiger partial charge is 0.347 e. The molecule has 1 aromatic heterocycles. The van der Waals surface area contributed by atoms with Crippen molar-refractivity contribution in [2.45, 2.75) is 57.5 Å². The quantitative estimate of drug-likeness (QED) is 0.840. The van der Waals surface area contributed by atoms with E-state index in [2.05, 4.69) is 42.0 Å². The van der Waals surface area contributed by atoms with Crippen LogP contribution in [0.25, 0.3) is 0 Å². The Morgan fingerprint density at radius 1 is 1.58 bits per heavy atom. The Morgan fingerprint density at radius 2 is 2.42 bits per heavy atom. The van der Waals surface area contributed by atoms with Crippen molar-refractivity contribution in [3.63, 3.8) is 0 Å². The van der Waals surface area contributed by atoms with E-state index in [4.69, 9.17) is 0 Å². The lowest BCUT2D eigenvalue weighted by Crippen LogP contribution is -2.53. The first kappa shape index (κ1) is 14.5. The van der Waals surface area contributed by atoms with Crippen molar-refractivity contribution >= 4 is 17.2 Å². The summed E-state index contributed by atoms with van der Waals surface area (Å²) in [6.45, 7) is 5.22. The summed E-state index contributed by atoms with van der Waals surface area (Å²) in [7, 11) is 0. The molecule has 2 N–H and O–H groups in total. The second-order valence-corrected chi connectivity index (χ2v) is 6.28. The second-order valence-electron chi connectivity index (χ2n) is 5.30. The Morgan fingerprint density at radius 3 is 2.95 bits per heavy atom. The highest BCUT2D eigenvalue weighted by molar-refractivity contribution is 7.10. The Bertz CT molecular complexity index is 396. The van der Waals surface area contributed by atoms with E-state index in [1.54, 1.807) is 11.3 Å². The molecule has 1 amide bonds. The summed E-state index contributed by atoms with van der Waals surface area (Å²) in [5, 5.41) is 8.74. The number of hydrogen-bond acceptors (Lipinski definition) is 3. The van der Waals surface area contributed by atoms with Crippen LogP contribution in [-0.2, 0) is 4.79 Å². The Kier molecular flexibility index (Phi) is 4.99. The third-order valence-electron chi connectivity index (χ3n) is 4.05. The molecule has 0 bridgehead atoms. The molecule has 2 rings (SSSR count). The van der Waals surface area contributed by atoms with Crippen LogP contribution in [0.3, 0.4) is 0 Å². The first-order valence-electron chi connectivity index (χ1n) is 7.31. The van der Waals surface area contributed by atoms with E-state index in [1.165, 1.54) is 4.88 Å². The zero-order chi connectivity index (χ0) is 13.7. The topological polar surface area (TPSA) is 41.1 Å². The average Bonchev–Trinajstić information content (AvgIpc) is 3.10. The zero-order valence-corrected chi connectivity index (χ0v) is 12.7. The van der Waals surface area contributed by atoms with Crippen LogP contribution in [0.1, 0.15) is 56.9 Å². The monoisotopic (exact) mass is 280 g/mol. The molecule has 1 aliphatic rings. The van der Waals surface area contributed by atoms with Gasteiger partial charge in [-0.2, -0.15) is 0 Å². The molecular formula is C15H24N2OS. The molecule has 1 fully saturated rings. The highest BCUT2D eigenvalue weighted by atomic mass is 32.1. The predicted octanol–water partition coefficient (Wildman–Crippen LogP) is 3.24. The van der Waals surface area contributed by atoms with Crippen LogP contribution < -0.4 is 10.6 Å². The van der Waals surface area contributed by atoms with Gasteiger partial charge >= 0.3 is 0 Å². The van der Waals surface area contributed by atoms with Gasteiger partial charge in [-0.05, 0) is 43.7 Å². The van der Waals surface area contributed by atoms with Crippen molar-refractivity contribution in [3.05, 3.63) is 22.4 Å². The van der Waals surface area contributed by atoms with Crippen LogP contribution in [0.2, 0.25) is 0 Å². The number of thiophene rings is 1. The molecule has 0 saturated carbocycles. The van der Waals surface area contributed by atoms with Crippen LogP contribution in [0, 0.1) is 0 Å². The molecular weight excluding hydrogens is 256 g/mol. The van der Waals surface area contributed by atoms with Crippen molar-refractivity contribution < 1.29 is 4.79 Å². The first-order valence-corrected chi connectivity index (χ1v) is 8.19. The third kappa shape index (κ3) is 3.18. The number of amides is 1. The van der Waals surface area contributed by atoms with Crippen LogP contribution in [0.5, 0.6) is 0 Å². The lowest BCUT2D eigenvalue weighted by Gasteiger charge is -2.29. The van der Waals surface area contributed by atoms with E-state index >= 15 is 0 Å². The summed E-state index contributed by atoms with van der Waals surface area (Å²) in [6, 6.07) is 4.34. The van der Waals surface area contributed by atoms with E-state index < -0.39 is 0 Å². The van der Waals surface area contributed by atoms with Crippen LogP contribution in [0.4, 0.5) is 0 Å². The van der Waals surface area contributed by atoms with Crippen molar-refractivity contribution in [1.29, 1.82) is 0 Å². The van der Waals surface area contributed by atoms with Crippen molar-refractivity contribution in [2.24, 2.45) is 0 Å². The minimum Gasteiger partial charge on any atom is -0.347 e. The molecule has 1 aliphatic heterocycles. The molecule has 4 heteroatoms. The maximum atomic E-state index is 12.6. The summed E-state index contributed by atoms with van der Waals surface area (Å²) in [5.74, 6) is 0.180. The van der Waals surface area contributed by atoms with E-state index in [1.807, 2.05) is 0 Å². The van der Waals surface area contributed by atoms with Crippen LogP contribution in [-0.4, -0.2) is 18.0 Å². The lowest BCUT2D eigenvalue weighted by molar-refractivity contribution is -0.128. The van der Waals surface area contributed by atoms with Gasteiger partial charge in [0.15, 0.2) is 0 Å². The standard InChI is InChI=1S/C15H24N2OS/c1-3-7-12(13-8-5-11-19-13)17-14(18)15(4-2)9-6-10-16-15/h5,8,11-12,16H,3-4,6-7,9-10H2,1-2H3,(H,17,18). The van der Waals surface area contributed by atoms with E-state index in [-0.39, 0.29) is 17.5 Å². The summed E-state index contributed by atoms with van der Waals surface area (Å²) >= 11 is 1.73. The summed E-state index contributed by atoms with van der Waals surface area (Å²) in [5.41, 5.74) is -0.330. The van der Waals surface area contributed by atoms with Crippen LogP contribution in [0.15, 0.2) is 17.5 Å². The Balaban J connectivity index is 2.06.